The molecule has 0 aliphatic rings. The summed E-state index contributed by atoms with van der Waals surface area (Å²) in [5.74, 6) is 0. The van der Waals surface area contributed by atoms with Gasteiger partial charge in [-0.2, -0.15) is 0 Å². The van der Waals surface area contributed by atoms with Crippen molar-refractivity contribution in [2.45, 2.75) is 0 Å². The van der Waals surface area contributed by atoms with Crippen LogP contribution >= 0.6 is 0 Å². The molecule has 3 rings (SSSR count). The van der Waals surface area contributed by atoms with Crippen molar-refractivity contribution < 1.29 is 17.1 Å². The van der Waals surface area contributed by atoms with E-state index < -0.39 is 0 Å². The van der Waals surface area contributed by atoms with Crippen LogP contribution in [0.3, 0.4) is 0 Å². The minimum atomic E-state index is 0. The molecule has 1 heterocycles. The molecule has 0 aliphatic carbocycles. The number of nitrogens with zero attached hydrogens (tertiary/aromatic N) is 3. The SMILES string of the molecule is C(=Nc1ccccc1)C(=Nc1ccccc1)c1ccccn1.[Fe]. The van der Waals surface area contributed by atoms with Crippen LogP contribution in [-0.2, 0) is 17.1 Å². The molecule has 2 aromatic carbocycles. The Morgan fingerprint density at radius 1 is 0.739 bits per heavy atom. The third kappa shape index (κ3) is 4.99. The number of aliphatic imine (C=N–C) groups is 2. The summed E-state index contributed by atoms with van der Waals surface area (Å²) < 4.78 is 0. The maximum absolute atomic E-state index is 4.65. The Labute approximate surface area is 146 Å². The number of rotatable bonds is 4. The van der Waals surface area contributed by atoms with Crippen LogP contribution in [0, 0.1) is 0 Å². The molecule has 0 amide bonds. The van der Waals surface area contributed by atoms with Crippen LogP contribution < -0.4 is 0 Å². The third-order valence-electron chi connectivity index (χ3n) is 3.03. The second kappa shape index (κ2) is 8.79. The minimum absolute atomic E-state index is 0. The molecule has 0 spiro atoms. The van der Waals surface area contributed by atoms with Gasteiger partial charge in [-0.25, -0.2) is 4.99 Å². The van der Waals surface area contributed by atoms with Gasteiger partial charge in [0, 0.05) is 23.3 Å². The number of aromatic nitrogens is 1. The Kier molecular flexibility index (Phi) is 6.42. The molecule has 0 atom stereocenters. The number of hydrogen-bond acceptors (Lipinski definition) is 3. The van der Waals surface area contributed by atoms with E-state index in [1.54, 1.807) is 12.4 Å². The molecule has 0 saturated carbocycles. The molecule has 0 aliphatic heterocycles. The first-order chi connectivity index (χ1) is 10.9. The van der Waals surface area contributed by atoms with Gasteiger partial charge in [0.25, 0.3) is 0 Å². The van der Waals surface area contributed by atoms with E-state index in [1.165, 1.54) is 0 Å². The second-order valence-corrected chi connectivity index (χ2v) is 4.64. The third-order valence-corrected chi connectivity index (χ3v) is 3.03. The number of para-hydroxylation sites is 2. The van der Waals surface area contributed by atoms with Crippen LogP contribution in [0.4, 0.5) is 11.4 Å². The molecule has 0 fully saturated rings. The van der Waals surface area contributed by atoms with E-state index in [9.17, 15) is 0 Å². The van der Waals surface area contributed by atoms with Crippen molar-refractivity contribution >= 4 is 23.3 Å². The van der Waals surface area contributed by atoms with Crippen molar-refractivity contribution in [2.75, 3.05) is 0 Å². The van der Waals surface area contributed by atoms with Crippen LogP contribution in [0.1, 0.15) is 5.69 Å². The van der Waals surface area contributed by atoms with Crippen molar-refractivity contribution in [3.8, 4) is 0 Å². The van der Waals surface area contributed by atoms with Crippen LogP contribution in [0.2, 0.25) is 0 Å². The van der Waals surface area contributed by atoms with E-state index in [2.05, 4.69) is 15.0 Å². The number of hydrogen-bond donors (Lipinski definition) is 0. The van der Waals surface area contributed by atoms with Gasteiger partial charge in [0.15, 0.2) is 0 Å². The van der Waals surface area contributed by atoms with Crippen LogP contribution in [0.5, 0.6) is 0 Å². The normalized spacial score (nSPS) is 11.2. The molecule has 3 aromatic rings. The Morgan fingerprint density at radius 2 is 1.35 bits per heavy atom. The van der Waals surface area contributed by atoms with Gasteiger partial charge in [-0.3, -0.25) is 9.98 Å². The van der Waals surface area contributed by atoms with Crippen molar-refractivity contribution in [1.29, 1.82) is 0 Å². The smallest absolute Gasteiger partial charge is 0.108 e. The summed E-state index contributed by atoms with van der Waals surface area (Å²) in [6, 6.07) is 25.4. The summed E-state index contributed by atoms with van der Waals surface area (Å²) in [5, 5.41) is 0. The molecule has 3 nitrogen and oxygen atoms in total. The van der Waals surface area contributed by atoms with E-state index >= 15 is 0 Å². The Balaban J connectivity index is 0.00000192. The van der Waals surface area contributed by atoms with Gasteiger partial charge < -0.3 is 0 Å². The first kappa shape index (κ1) is 16.8. The fourth-order valence-corrected chi connectivity index (χ4v) is 1.96. The van der Waals surface area contributed by atoms with Gasteiger partial charge in [0.2, 0.25) is 0 Å². The molecule has 0 saturated heterocycles. The zero-order valence-corrected chi connectivity index (χ0v) is 13.5. The van der Waals surface area contributed by atoms with E-state index in [1.807, 2.05) is 78.9 Å². The summed E-state index contributed by atoms with van der Waals surface area (Å²) in [5.41, 5.74) is 3.29. The molecule has 0 unspecified atom stereocenters. The topological polar surface area (TPSA) is 37.6 Å². The Hall–Kier alpha value is -2.55. The Morgan fingerprint density at radius 3 is 1.96 bits per heavy atom. The van der Waals surface area contributed by atoms with Gasteiger partial charge >= 0.3 is 0 Å². The molecule has 0 bridgehead atoms. The van der Waals surface area contributed by atoms with Crippen LogP contribution in [-0.4, -0.2) is 16.9 Å². The second-order valence-electron chi connectivity index (χ2n) is 4.64. The molecule has 0 radical (unpaired) electrons. The van der Waals surface area contributed by atoms with Gasteiger partial charge in [0.1, 0.15) is 5.71 Å². The maximum Gasteiger partial charge on any atom is 0.108 e. The summed E-state index contributed by atoms with van der Waals surface area (Å²) in [6.45, 7) is 0. The van der Waals surface area contributed by atoms with Gasteiger partial charge in [-0.15, -0.1) is 0 Å². The summed E-state index contributed by atoms with van der Waals surface area (Å²) in [4.78, 5) is 13.5. The van der Waals surface area contributed by atoms with Gasteiger partial charge in [0.05, 0.1) is 23.3 Å². The molecule has 114 valence electrons. The molecule has 1 aromatic heterocycles. The Bertz CT molecular complexity index is 769. The van der Waals surface area contributed by atoms with E-state index in [-0.39, 0.29) is 17.1 Å². The van der Waals surface area contributed by atoms with Gasteiger partial charge in [-0.05, 0) is 36.4 Å². The van der Waals surface area contributed by atoms with E-state index in [0.717, 1.165) is 22.8 Å². The molecule has 0 N–H and O–H groups in total. The fourth-order valence-electron chi connectivity index (χ4n) is 1.96. The zero-order valence-electron chi connectivity index (χ0n) is 12.4. The molecule has 4 heteroatoms. The van der Waals surface area contributed by atoms with Crippen LogP contribution in [0.15, 0.2) is 95.0 Å². The van der Waals surface area contributed by atoms with Crippen molar-refractivity contribution in [3.63, 3.8) is 0 Å². The average molecular weight is 341 g/mol. The number of benzene rings is 2. The largest absolute Gasteiger partial charge is 0.255 e. The van der Waals surface area contributed by atoms with Crippen molar-refractivity contribution in [2.24, 2.45) is 9.98 Å². The zero-order chi connectivity index (χ0) is 15.0. The average Bonchev–Trinajstić information content (AvgIpc) is 2.61. The minimum Gasteiger partial charge on any atom is -0.255 e. The van der Waals surface area contributed by atoms with Crippen molar-refractivity contribution in [1.82, 2.24) is 4.98 Å². The maximum atomic E-state index is 4.65. The number of pyridine rings is 1. The summed E-state index contributed by atoms with van der Waals surface area (Å²) in [6.07, 6.45) is 3.51. The standard InChI is InChI=1S/C19H15N3.Fe/c1-3-9-16(10-4-1)21-15-19(18-13-7-8-14-20-18)22-17-11-5-2-6-12-17;/h1-15H;. The molecular formula is C19H15FeN3. The predicted octanol–water partition coefficient (Wildman–Crippen LogP) is 4.60. The summed E-state index contributed by atoms with van der Waals surface area (Å²) in [7, 11) is 0. The van der Waals surface area contributed by atoms with Crippen LogP contribution in [0.25, 0.3) is 0 Å². The fraction of sp³-hybridized carbons (Fsp3) is 0. The summed E-state index contributed by atoms with van der Waals surface area (Å²) >= 11 is 0. The predicted molar refractivity (Wildman–Crippen MR) is 91.5 cm³/mol. The first-order valence-electron chi connectivity index (χ1n) is 7.06. The molecular weight excluding hydrogens is 326 g/mol. The molecule has 23 heavy (non-hydrogen) atoms. The quantitative estimate of drug-likeness (QED) is 0.505. The van der Waals surface area contributed by atoms with Gasteiger partial charge in [-0.1, -0.05) is 42.5 Å². The monoisotopic (exact) mass is 341 g/mol. The van der Waals surface area contributed by atoms with E-state index in [4.69, 9.17) is 0 Å². The van der Waals surface area contributed by atoms with Crippen molar-refractivity contribution in [3.05, 3.63) is 90.8 Å². The first-order valence-corrected chi connectivity index (χ1v) is 7.06. The van der Waals surface area contributed by atoms with E-state index in [0.29, 0.717) is 0 Å².